The SMILES string of the molecule is C#CCCCCNC(C)c1ccco1. The molecule has 2 nitrogen and oxygen atoms in total. The molecular weight excluding hydrogens is 174 g/mol. The van der Waals surface area contributed by atoms with Gasteiger partial charge in [-0.3, -0.25) is 0 Å². The van der Waals surface area contributed by atoms with Crippen LogP contribution in [0.15, 0.2) is 22.8 Å². The molecule has 1 N–H and O–H groups in total. The number of terminal acetylenes is 1. The molecular formula is C12H17NO. The molecule has 0 amide bonds. The maximum atomic E-state index is 5.28. The lowest BCUT2D eigenvalue weighted by molar-refractivity contribution is 0.427. The van der Waals surface area contributed by atoms with E-state index in [-0.39, 0.29) is 6.04 Å². The summed E-state index contributed by atoms with van der Waals surface area (Å²) in [6.07, 6.45) is 9.95. The molecule has 0 aliphatic rings. The van der Waals surface area contributed by atoms with E-state index in [0.717, 1.165) is 31.6 Å². The molecule has 1 unspecified atom stereocenters. The maximum Gasteiger partial charge on any atom is 0.120 e. The largest absolute Gasteiger partial charge is 0.468 e. The molecule has 0 bridgehead atoms. The number of hydrogen-bond acceptors (Lipinski definition) is 2. The molecule has 76 valence electrons. The van der Waals surface area contributed by atoms with Crippen LogP contribution in [0.3, 0.4) is 0 Å². The quantitative estimate of drug-likeness (QED) is 0.552. The highest BCUT2D eigenvalue weighted by Crippen LogP contribution is 2.11. The summed E-state index contributed by atoms with van der Waals surface area (Å²) in [6.45, 7) is 3.09. The molecule has 14 heavy (non-hydrogen) atoms. The monoisotopic (exact) mass is 191 g/mol. The Bertz CT molecular complexity index is 271. The first-order chi connectivity index (χ1) is 6.84. The van der Waals surface area contributed by atoms with Gasteiger partial charge in [0.25, 0.3) is 0 Å². The van der Waals surface area contributed by atoms with Crippen LogP contribution in [0.2, 0.25) is 0 Å². The van der Waals surface area contributed by atoms with Crippen molar-refractivity contribution in [1.29, 1.82) is 0 Å². The predicted octanol–water partition coefficient (Wildman–Crippen LogP) is 2.73. The summed E-state index contributed by atoms with van der Waals surface area (Å²) in [6, 6.07) is 4.18. The zero-order valence-corrected chi connectivity index (χ0v) is 8.62. The van der Waals surface area contributed by atoms with Crippen LogP contribution in [0.4, 0.5) is 0 Å². The standard InChI is InChI=1S/C12H17NO/c1-3-4-5-6-9-13-11(2)12-8-7-10-14-12/h1,7-8,10-11,13H,4-6,9H2,2H3. The highest BCUT2D eigenvalue weighted by Gasteiger charge is 2.05. The Kier molecular flexibility index (Phi) is 4.88. The van der Waals surface area contributed by atoms with Gasteiger partial charge in [0, 0.05) is 6.42 Å². The normalized spacial score (nSPS) is 12.3. The summed E-state index contributed by atoms with van der Waals surface area (Å²) in [4.78, 5) is 0. The fourth-order valence-corrected chi connectivity index (χ4v) is 1.31. The van der Waals surface area contributed by atoms with Crippen LogP contribution in [-0.4, -0.2) is 6.54 Å². The van der Waals surface area contributed by atoms with Crippen LogP contribution in [0, 0.1) is 12.3 Å². The Hall–Kier alpha value is -1.20. The summed E-state index contributed by atoms with van der Waals surface area (Å²) in [5.41, 5.74) is 0. The van der Waals surface area contributed by atoms with E-state index in [1.54, 1.807) is 6.26 Å². The summed E-state index contributed by atoms with van der Waals surface area (Å²) >= 11 is 0. The van der Waals surface area contributed by atoms with Gasteiger partial charge in [-0.05, 0) is 38.4 Å². The van der Waals surface area contributed by atoms with Crippen LogP contribution in [0.5, 0.6) is 0 Å². The summed E-state index contributed by atoms with van der Waals surface area (Å²) in [5, 5.41) is 3.38. The average molecular weight is 191 g/mol. The van der Waals surface area contributed by atoms with Gasteiger partial charge < -0.3 is 9.73 Å². The van der Waals surface area contributed by atoms with Crippen LogP contribution >= 0.6 is 0 Å². The molecule has 1 aromatic rings. The first-order valence-corrected chi connectivity index (χ1v) is 5.05. The maximum absolute atomic E-state index is 5.28. The van der Waals surface area contributed by atoms with Crippen molar-refractivity contribution in [2.75, 3.05) is 6.54 Å². The Labute approximate surface area is 85.7 Å². The molecule has 0 aromatic carbocycles. The molecule has 0 radical (unpaired) electrons. The number of nitrogens with one attached hydrogen (secondary N) is 1. The third kappa shape index (κ3) is 3.68. The topological polar surface area (TPSA) is 25.2 Å². The van der Waals surface area contributed by atoms with Gasteiger partial charge in [0.15, 0.2) is 0 Å². The molecule has 1 aromatic heterocycles. The Morgan fingerprint density at radius 2 is 2.43 bits per heavy atom. The molecule has 1 rings (SSSR count). The second kappa shape index (κ2) is 6.28. The van der Waals surface area contributed by atoms with Gasteiger partial charge >= 0.3 is 0 Å². The third-order valence-corrected chi connectivity index (χ3v) is 2.17. The lowest BCUT2D eigenvalue weighted by Crippen LogP contribution is -2.19. The minimum atomic E-state index is 0.288. The number of unbranched alkanes of at least 4 members (excludes halogenated alkanes) is 2. The van der Waals surface area contributed by atoms with Crippen LogP contribution in [0.25, 0.3) is 0 Å². The van der Waals surface area contributed by atoms with Crippen molar-refractivity contribution in [3.05, 3.63) is 24.2 Å². The summed E-state index contributed by atoms with van der Waals surface area (Å²) in [5.74, 6) is 3.62. The third-order valence-electron chi connectivity index (χ3n) is 2.17. The predicted molar refractivity (Wildman–Crippen MR) is 57.8 cm³/mol. The fraction of sp³-hybridized carbons (Fsp3) is 0.500. The van der Waals surface area contributed by atoms with Crippen LogP contribution < -0.4 is 5.32 Å². The minimum absolute atomic E-state index is 0.288. The molecule has 0 saturated carbocycles. The van der Waals surface area contributed by atoms with Gasteiger partial charge in [-0.15, -0.1) is 12.3 Å². The molecule has 0 spiro atoms. The second-order valence-electron chi connectivity index (χ2n) is 3.35. The zero-order valence-electron chi connectivity index (χ0n) is 8.62. The van der Waals surface area contributed by atoms with Gasteiger partial charge in [0.2, 0.25) is 0 Å². The smallest absolute Gasteiger partial charge is 0.120 e. The molecule has 1 atom stereocenters. The molecule has 0 aliphatic heterocycles. The van der Waals surface area contributed by atoms with Crippen LogP contribution in [0.1, 0.15) is 38.0 Å². The summed E-state index contributed by atoms with van der Waals surface area (Å²) < 4.78 is 5.28. The molecule has 0 aliphatic carbocycles. The highest BCUT2D eigenvalue weighted by molar-refractivity contribution is 5.02. The Morgan fingerprint density at radius 1 is 1.57 bits per heavy atom. The number of rotatable bonds is 6. The van der Waals surface area contributed by atoms with Crippen molar-refractivity contribution in [3.8, 4) is 12.3 Å². The average Bonchev–Trinajstić information content (AvgIpc) is 2.70. The lowest BCUT2D eigenvalue weighted by Gasteiger charge is -2.10. The van der Waals surface area contributed by atoms with Crippen LogP contribution in [-0.2, 0) is 0 Å². The van der Waals surface area contributed by atoms with Crippen molar-refractivity contribution >= 4 is 0 Å². The number of hydrogen-bond donors (Lipinski definition) is 1. The van der Waals surface area contributed by atoms with Crippen molar-refractivity contribution < 1.29 is 4.42 Å². The first-order valence-electron chi connectivity index (χ1n) is 5.05. The van der Waals surface area contributed by atoms with E-state index >= 15 is 0 Å². The van der Waals surface area contributed by atoms with E-state index in [1.807, 2.05) is 12.1 Å². The Morgan fingerprint density at radius 3 is 3.07 bits per heavy atom. The molecule has 1 heterocycles. The van der Waals surface area contributed by atoms with Crippen molar-refractivity contribution in [1.82, 2.24) is 5.32 Å². The first kappa shape index (κ1) is 10.9. The van der Waals surface area contributed by atoms with Gasteiger partial charge in [0.05, 0.1) is 12.3 Å². The molecule has 2 heteroatoms. The lowest BCUT2D eigenvalue weighted by atomic mass is 10.2. The van der Waals surface area contributed by atoms with Crippen molar-refractivity contribution in [2.24, 2.45) is 0 Å². The van der Waals surface area contributed by atoms with Gasteiger partial charge in [-0.25, -0.2) is 0 Å². The molecule has 0 fully saturated rings. The van der Waals surface area contributed by atoms with Gasteiger partial charge in [-0.1, -0.05) is 0 Å². The van der Waals surface area contributed by atoms with Gasteiger partial charge in [-0.2, -0.15) is 0 Å². The van der Waals surface area contributed by atoms with Crippen molar-refractivity contribution in [3.63, 3.8) is 0 Å². The van der Waals surface area contributed by atoms with E-state index in [9.17, 15) is 0 Å². The van der Waals surface area contributed by atoms with E-state index < -0.39 is 0 Å². The van der Waals surface area contributed by atoms with E-state index in [0.29, 0.717) is 0 Å². The van der Waals surface area contributed by atoms with E-state index in [1.165, 1.54) is 0 Å². The van der Waals surface area contributed by atoms with E-state index in [2.05, 4.69) is 18.2 Å². The highest BCUT2D eigenvalue weighted by atomic mass is 16.3. The second-order valence-corrected chi connectivity index (χ2v) is 3.35. The Balaban J connectivity index is 2.10. The zero-order chi connectivity index (χ0) is 10.2. The summed E-state index contributed by atoms with van der Waals surface area (Å²) in [7, 11) is 0. The fourth-order valence-electron chi connectivity index (χ4n) is 1.31. The van der Waals surface area contributed by atoms with Crippen molar-refractivity contribution in [2.45, 2.75) is 32.2 Å². The minimum Gasteiger partial charge on any atom is -0.468 e. The molecule has 0 saturated heterocycles. The number of furan rings is 1. The van der Waals surface area contributed by atoms with E-state index in [4.69, 9.17) is 10.8 Å². The van der Waals surface area contributed by atoms with Gasteiger partial charge in [0.1, 0.15) is 5.76 Å².